The molecule has 3 rings (SSSR count). The number of oxime groups is 1. The molecule has 0 saturated heterocycles. The fourth-order valence-electron chi connectivity index (χ4n) is 2.60. The smallest absolute Gasteiger partial charge is 0.280 e. The van der Waals surface area contributed by atoms with Crippen molar-refractivity contribution in [3.8, 4) is 5.75 Å². The summed E-state index contributed by atoms with van der Waals surface area (Å²) in [4.78, 5) is 17.2. The van der Waals surface area contributed by atoms with Crippen LogP contribution in [0.3, 0.4) is 0 Å². The van der Waals surface area contributed by atoms with E-state index in [-0.39, 0.29) is 6.61 Å². The van der Waals surface area contributed by atoms with Gasteiger partial charge in [0.25, 0.3) is 5.91 Å². The summed E-state index contributed by atoms with van der Waals surface area (Å²) >= 11 is 0. The number of hydrazone groups is 1. The Morgan fingerprint density at radius 2 is 1.48 bits per heavy atom. The molecule has 0 aliphatic rings. The molecule has 3 aromatic carbocycles. The third-order valence-electron chi connectivity index (χ3n) is 3.99. The minimum absolute atomic E-state index is 0.258. The Hall–Kier alpha value is -3.93. The summed E-state index contributed by atoms with van der Waals surface area (Å²) in [7, 11) is 1.58. The minimum Gasteiger partial charge on any atom is -0.496 e. The summed E-state index contributed by atoms with van der Waals surface area (Å²) in [5.74, 6) is 0.260. The van der Waals surface area contributed by atoms with Crippen LogP contribution >= 0.6 is 0 Å². The molecule has 1 N–H and O–H groups in total. The Bertz CT molecular complexity index is 945. The topological polar surface area (TPSA) is 72.3 Å². The molecule has 0 spiro atoms. The summed E-state index contributed by atoms with van der Waals surface area (Å²) in [6, 6.07) is 26.7. The highest BCUT2D eigenvalue weighted by Crippen LogP contribution is 2.14. The highest BCUT2D eigenvalue weighted by Gasteiger charge is 2.08. The van der Waals surface area contributed by atoms with E-state index in [1.807, 2.05) is 84.9 Å². The lowest BCUT2D eigenvalue weighted by Crippen LogP contribution is -2.24. The lowest BCUT2D eigenvalue weighted by atomic mass is 10.0. The SMILES string of the molecule is COc1ccccc1/C=N\OCC(=O)NN=C(c1ccccc1)c1ccccc1. The Labute approximate surface area is 169 Å². The van der Waals surface area contributed by atoms with Crippen molar-refractivity contribution in [1.82, 2.24) is 5.43 Å². The lowest BCUT2D eigenvalue weighted by molar-refractivity contribution is -0.125. The number of rotatable bonds is 8. The molecule has 6 heteroatoms. The van der Waals surface area contributed by atoms with Crippen molar-refractivity contribution in [2.24, 2.45) is 10.3 Å². The Balaban J connectivity index is 1.62. The van der Waals surface area contributed by atoms with E-state index in [4.69, 9.17) is 9.57 Å². The first-order valence-corrected chi connectivity index (χ1v) is 9.03. The largest absolute Gasteiger partial charge is 0.496 e. The first-order chi connectivity index (χ1) is 14.3. The first kappa shape index (κ1) is 19.8. The van der Waals surface area contributed by atoms with Gasteiger partial charge in [-0.3, -0.25) is 4.79 Å². The third-order valence-corrected chi connectivity index (χ3v) is 3.99. The van der Waals surface area contributed by atoms with Gasteiger partial charge in [0.2, 0.25) is 0 Å². The Morgan fingerprint density at radius 1 is 0.897 bits per heavy atom. The standard InChI is InChI=1S/C23H21N3O3/c1-28-21-15-9-8-14-20(21)16-24-29-17-22(27)25-26-23(18-10-4-2-5-11-18)19-12-6-3-7-13-19/h2-16H,17H2,1H3,(H,25,27)/b24-16-. The van der Waals surface area contributed by atoms with Crippen molar-refractivity contribution in [3.05, 3.63) is 102 Å². The Morgan fingerprint density at radius 3 is 2.10 bits per heavy atom. The summed E-state index contributed by atoms with van der Waals surface area (Å²) < 4.78 is 5.23. The normalized spacial score (nSPS) is 10.4. The lowest BCUT2D eigenvalue weighted by Gasteiger charge is -2.07. The molecule has 0 fully saturated rings. The predicted octanol–water partition coefficient (Wildman–Crippen LogP) is 3.61. The number of hydrogen-bond acceptors (Lipinski definition) is 5. The monoisotopic (exact) mass is 387 g/mol. The molecule has 0 radical (unpaired) electrons. The molecule has 0 saturated carbocycles. The number of carbonyl (C=O) groups excluding carboxylic acids is 1. The van der Waals surface area contributed by atoms with Gasteiger partial charge in [-0.25, -0.2) is 5.43 Å². The highest BCUT2D eigenvalue weighted by atomic mass is 16.6. The molecule has 0 bridgehead atoms. The maximum Gasteiger partial charge on any atom is 0.280 e. The summed E-state index contributed by atoms with van der Waals surface area (Å²) in [5.41, 5.74) is 5.74. The van der Waals surface area contributed by atoms with Crippen LogP contribution in [0.2, 0.25) is 0 Å². The second-order valence-corrected chi connectivity index (χ2v) is 5.98. The van der Waals surface area contributed by atoms with Gasteiger partial charge in [-0.2, -0.15) is 5.10 Å². The first-order valence-electron chi connectivity index (χ1n) is 9.03. The third kappa shape index (κ3) is 5.77. The summed E-state index contributed by atoms with van der Waals surface area (Å²) in [6.07, 6.45) is 1.49. The number of nitrogens with zero attached hydrogens (tertiary/aromatic N) is 2. The second-order valence-electron chi connectivity index (χ2n) is 5.98. The van der Waals surface area contributed by atoms with Crippen LogP contribution in [-0.4, -0.2) is 31.6 Å². The molecule has 0 aliphatic heterocycles. The van der Waals surface area contributed by atoms with Crippen LogP contribution in [0.5, 0.6) is 5.75 Å². The highest BCUT2D eigenvalue weighted by molar-refractivity contribution is 6.13. The van der Waals surface area contributed by atoms with E-state index >= 15 is 0 Å². The van der Waals surface area contributed by atoms with E-state index in [1.165, 1.54) is 6.21 Å². The van der Waals surface area contributed by atoms with Crippen molar-refractivity contribution in [2.75, 3.05) is 13.7 Å². The van der Waals surface area contributed by atoms with E-state index < -0.39 is 5.91 Å². The number of hydrogen-bond donors (Lipinski definition) is 1. The van der Waals surface area contributed by atoms with Gasteiger partial charge in [0.1, 0.15) is 5.75 Å². The van der Waals surface area contributed by atoms with Gasteiger partial charge in [0, 0.05) is 16.7 Å². The predicted molar refractivity (Wildman–Crippen MR) is 113 cm³/mol. The van der Waals surface area contributed by atoms with Crippen LogP contribution in [0.25, 0.3) is 0 Å². The number of nitrogens with one attached hydrogen (secondary N) is 1. The molecular weight excluding hydrogens is 366 g/mol. The maximum absolute atomic E-state index is 12.1. The maximum atomic E-state index is 12.1. The molecule has 29 heavy (non-hydrogen) atoms. The molecule has 6 nitrogen and oxygen atoms in total. The van der Waals surface area contributed by atoms with Gasteiger partial charge in [-0.05, 0) is 12.1 Å². The number of methoxy groups -OCH3 is 1. The molecule has 0 heterocycles. The van der Waals surface area contributed by atoms with Gasteiger partial charge in [0.15, 0.2) is 6.61 Å². The van der Waals surface area contributed by atoms with E-state index in [2.05, 4.69) is 15.7 Å². The molecule has 0 atom stereocenters. The molecular formula is C23H21N3O3. The van der Waals surface area contributed by atoms with Crippen molar-refractivity contribution < 1.29 is 14.4 Å². The van der Waals surface area contributed by atoms with Crippen LogP contribution < -0.4 is 10.2 Å². The molecule has 1 amide bonds. The van der Waals surface area contributed by atoms with Crippen LogP contribution in [0, 0.1) is 0 Å². The van der Waals surface area contributed by atoms with Gasteiger partial charge in [-0.15, -0.1) is 0 Å². The van der Waals surface area contributed by atoms with Crippen LogP contribution in [0.4, 0.5) is 0 Å². The van der Waals surface area contributed by atoms with E-state index in [0.29, 0.717) is 11.5 Å². The zero-order valence-electron chi connectivity index (χ0n) is 16.0. The zero-order chi connectivity index (χ0) is 20.3. The minimum atomic E-state index is -0.411. The van der Waals surface area contributed by atoms with Crippen molar-refractivity contribution in [2.45, 2.75) is 0 Å². The van der Waals surface area contributed by atoms with Gasteiger partial charge in [-0.1, -0.05) is 78.0 Å². The fourth-order valence-corrected chi connectivity index (χ4v) is 2.60. The van der Waals surface area contributed by atoms with Gasteiger partial charge >= 0.3 is 0 Å². The van der Waals surface area contributed by atoms with E-state index in [1.54, 1.807) is 7.11 Å². The van der Waals surface area contributed by atoms with E-state index in [9.17, 15) is 4.79 Å². The number of amides is 1. The fraction of sp³-hybridized carbons (Fsp3) is 0.0870. The quantitative estimate of drug-likeness (QED) is 0.474. The number of carbonyl (C=O) groups is 1. The average Bonchev–Trinajstić information content (AvgIpc) is 2.78. The molecule has 146 valence electrons. The van der Waals surface area contributed by atoms with Crippen molar-refractivity contribution in [1.29, 1.82) is 0 Å². The zero-order valence-corrected chi connectivity index (χ0v) is 16.0. The van der Waals surface area contributed by atoms with Crippen molar-refractivity contribution in [3.63, 3.8) is 0 Å². The number of ether oxygens (including phenoxy) is 1. The summed E-state index contributed by atoms with van der Waals surface area (Å²) in [5, 5.41) is 8.11. The average molecular weight is 387 g/mol. The van der Waals surface area contributed by atoms with Gasteiger partial charge in [0.05, 0.1) is 19.0 Å². The van der Waals surface area contributed by atoms with Crippen LogP contribution in [-0.2, 0) is 9.63 Å². The van der Waals surface area contributed by atoms with Gasteiger partial charge < -0.3 is 9.57 Å². The number of para-hydroxylation sites is 1. The van der Waals surface area contributed by atoms with E-state index in [0.717, 1.165) is 16.7 Å². The second kappa shape index (κ2) is 10.4. The molecule has 0 aliphatic carbocycles. The molecule has 3 aromatic rings. The summed E-state index contributed by atoms with van der Waals surface area (Å²) in [6.45, 7) is -0.258. The van der Waals surface area contributed by atoms with Crippen molar-refractivity contribution >= 4 is 17.8 Å². The van der Waals surface area contributed by atoms with Crippen LogP contribution in [0.15, 0.2) is 95.2 Å². The van der Waals surface area contributed by atoms with Crippen LogP contribution in [0.1, 0.15) is 16.7 Å². The molecule has 0 unspecified atom stereocenters. The Kier molecular flexibility index (Phi) is 7.12. The molecule has 0 aromatic heterocycles. The number of benzene rings is 3.